The zero-order valence-electron chi connectivity index (χ0n) is 2.41. The van der Waals surface area contributed by atoms with Gasteiger partial charge >= 0.3 is 103 Å². The molecular weight excluding hydrogens is 122 g/mol. The third-order valence-electron chi connectivity index (χ3n) is 0. The molecule has 0 fully saturated rings. The molecule has 0 aromatic heterocycles. The predicted molar refractivity (Wildman–Crippen MR) is 14.1 cm³/mol. The van der Waals surface area contributed by atoms with E-state index >= 15 is 0 Å². The summed E-state index contributed by atoms with van der Waals surface area (Å²) in [5, 5.41) is 0. The Morgan fingerprint density at radius 3 is 0.750 bits per heavy atom. The molecule has 0 aliphatic carbocycles. The molecule has 0 aromatic rings. The second-order valence-electron chi connectivity index (χ2n) is 0. The van der Waals surface area contributed by atoms with Gasteiger partial charge in [0.1, 0.15) is 0 Å². The van der Waals surface area contributed by atoms with Gasteiger partial charge in [0.05, 0.1) is 0 Å². The molecule has 0 saturated carbocycles. The number of rotatable bonds is 0. The smallest absolute Gasteiger partial charge is 1.00 e. The van der Waals surface area contributed by atoms with E-state index in [1.165, 1.54) is 0 Å². The van der Waals surface area contributed by atoms with E-state index < -0.39 is 0 Å². The van der Waals surface area contributed by atoms with Crippen LogP contribution in [0.25, 0.3) is 0 Å². The SMILES string of the molecule is C.[K+].[K+].[S-2]. The third-order valence-corrected chi connectivity index (χ3v) is 0. The summed E-state index contributed by atoms with van der Waals surface area (Å²) in [4.78, 5) is 0. The summed E-state index contributed by atoms with van der Waals surface area (Å²) in [5.74, 6) is 0. The summed E-state index contributed by atoms with van der Waals surface area (Å²) < 4.78 is 0. The standard InChI is InChI=1S/CH4.2K.S/h1H4;;;/q;2*+1;-2. The fourth-order valence-electron chi connectivity index (χ4n) is 0. The predicted octanol–water partition coefficient (Wildman–Crippen LogP) is -5.36. The van der Waals surface area contributed by atoms with Crippen molar-refractivity contribution in [2.24, 2.45) is 0 Å². The van der Waals surface area contributed by atoms with Crippen LogP contribution in [0.2, 0.25) is 0 Å². The molecule has 0 atom stereocenters. The van der Waals surface area contributed by atoms with Crippen LogP contribution in [0.1, 0.15) is 7.43 Å². The zero-order chi connectivity index (χ0) is 0. The van der Waals surface area contributed by atoms with Gasteiger partial charge in [-0.15, -0.1) is 0 Å². The van der Waals surface area contributed by atoms with Crippen molar-refractivity contribution in [1.29, 1.82) is 0 Å². The van der Waals surface area contributed by atoms with Crippen molar-refractivity contribution in [3.63, 3.8) is 0 Å². The molecular formula is CH4K2S. The molecule has 0 heterocycles. The van der Waals surface area contributed by atoms with Gasteiger partial charge in [0, 0.05) is 0 Å². The fourth-order valence-corrected chi connectivity index (χ4v) is 0. The van der Waals surface area contributed by atoms with Gasteiger partial charge in [-0.1, -0.05) is 7.43 Å². The molecule has 0 aliphatic rings. The molecule has 0 rings (SSSR count). The van der Waals surface area contributed by atoms with Gasteiger partial charge in [-0.25, -0.2) is 0 Å². The Morgan fingerprint density at radius 2 is 0.750 bits per heavy atom. The molecule has 4 heavy (non-hydrogen) atoms. The summed E-state index contributed by atoms with van der Waals surface area (Å²) in [6, 6.07) is 0. The molecule has 0 N–H and O–H groups in total. The van der Waals surface area contributed by atoms with Gasteiger partial charge in [-0.3, -0.25) is 0 Å². The van der Waals surface area contributed by atoms with Crippen LogP contribution in [0.4, 0.5) is 0 Å². The zero-order valence-corrected chi connectivity index (χ0v) is 9.47. The Morgan fingerprint density at radius 1 is 0.750 bits per heavy atom. The minimum Gasteiger partial charge on any atom is -2.00 e. The van der Waals surface area contributed by atoms with Crippen LogP contribution in [0, 0.1) is 0 Å². The maximum absolute atomic E-state index is 0. The van der Waals surface area contributed by atoms with Crippen molar-refractivity contribution in [3.8, 4) is 0 Å². The Bertz CT molecular complexity index is 6.00. The van der Waals surface area contributed by atoms with Crippen LogP contribution >= 0.6 is 0 Å². The summed E-state index contributed by atoms with van der Waals surface area (Å²) in [6.45, 7) is 0. The molecule has 3 heteroatoms. The first kappa shape index (κ1) is 25.5. The van der Waals surface area contributed by atoms with E-state index in [1.807, 2.05) is 0 Å². The van der Waals surface area contributed by atoms with Gasteiger partial charge in [-0.05, 0) is 0 Å². The topological polar surface area (TPSA) is 0 Å². The van der Waals surface area contributed by atoms with Crippen molar-refractivity contribution in [2.75, 3.05) is 0 Å². The van der Waals surface area contributed by atoms with Crippen molar-refractivity contribution in [1.82, 2.24) is 0 Å². The molecule has 0 spiro atoms. The van der Waals surface area contributed by atoms with Gasteiger partial charge in [-0.2, -0.15) is 0 Å². The molecule has 0 aliphatic heterocycles. The maximum Gasteiger partial charge on any atom is 1.00 e. The van der Waals surface area contributed by atoms with E-state index in [0.29, 0.717) is 0 Å². The van der Waals surface area contributed by atoms with Crippen LogP contribution < -0.4 is 103 Å². The molecule has 0 bridgehead atoms. The van der Waals surface area contributed by atoms with E-state index in [4.69, 9.17) is 0 Å². The summed E-state index contributed by atoms with van der Waals surface area (Å²) in [7, 11) is 0. The van der Waals surface area contributed by atoms with E-state index in [9.17, 15) is 0 Å². The molecule has 0 saturated heterocycles. The summed E-state index contributed by atoms with van der Waals surface area (Å²) in [5.41, 5.74) is 0. The average molecular weight is 126 g/mol. The van der Waals surface area contributed by atoms with Gasteiger partial charge in [0.2, 0.25) is 0 Å². The molecule has 0 aromatic carbocycles. The number of hydrogen-bond donors (Lipinski definition) is 0. The minimum atomic E-state index is 0. The van der Waals surface area contributed by atoms with Gasteiger partial charge in [0.15, 0.2) is 0 Å². The molecule has 0 amide bonds. The fraction of sp³-hybridized carbons (Fsp3) is 1.00. The second-order valence-corrected chi connectivity index (χ2v) is 0. The molecule has 0 radical (unpaired) electrons. The van der Waals surface area contributed by atoms with Crippen molar-refractivity contribution < 1.29 is 103 Å². The second kappa shape index (κ2) is 16.0. The van der Waals surface area contributed by atoms with Gasteiger partial charge in [0.25, 0.3) is 0 Å². The van der Waals surface area contributed by atoms with Crippen molar-refractivity contribution in [3.05, 3.63) is 0 Å². The monoisotopic (exact) mass is 126 g/mol. The van der Waals surface area contributed by atoms with Crippen molar-refractivity contribution >= 4 is 13.5 Å². The molecule has 16 valence electrons. The van der Waals surface area contributed by atoms with Crippen molar-refractivity contribution in [2.45, 2.75) is 7.43 Å². The Balaban J connectivity index is 0. The quantitative estimate of drug-likeness (QED) is 0.284. The Hall–Kier alpha value is 3.62. The normalized spacial score (nSPS) is 0. The Kier molecular flexibility index (Phi) is 102. The van der Waals surface area contributed by atoms with Crippen LogP contribution in [0.3, 0.4) is 0 Å². The first-order valence-corrected chi connectivity index (χ1v) is 0. The summed E-state index contributed by atoms with van der Waals surface area (Å²) in [6.07, 6.45) is 0. The van der Waals surface area contributed by atoms with Crippen LogP contribution in [-0.4, -0.2) is 0 Å². The van der Waals surface area contributed by atoms with Crippen LogP contribution in [0.5, 0.6) is 0 Å². The summed E-state index contributed by atoms with van der Waals surface area (Å²) >= 11 is 0. The largest absolute Gasteiger partial charge is 2.00 e. The third kappa shape index (κ3) is 9.16. The first-order valence-electron chi connectivity index (χ1n) is 0. The molecule has 0 nitrogen and oxygen atoms in total. The average Bonchev–Trinajstić information content (AvgIpc) is 0. The minimum absolute atomic E-state index is 0. The Labute approximate surface area is 120 Å². The van der Waals surface area contributed by atoms with Crippen LogP contribution in [0.15, 0.2) is 0 Å². The van der Waals surface area contributed by atoms with E-state index in [2.05, 4.69) is 0 Å². The van der Waals surface area contributed by atoms with E-state index in [-0.39, 0.29) is 124 Å². The van der Waals surface area contributed by atoms with E-state index in [0.717, 1.165) is 0 Å². The maximum atomic E-state index is 0. The van der Waals surface area contributed by atoms with Crippen LogP contribution in [-0.2, 0) is 13.5 Å². The van der Waals surface area contributed by atoms with Gasteiger partial charge < -0.3 is 13.5 Å². The van der Waals surface area contributed by atoms with E-state index in [1.54, 1.807) is 0 Å². The molecule has 0 unspecified atom stereocenters. The number of hydrogen-bond acceptors (Lipinski definition) is 0. The first-order chi connectivity index (χ1) is 0.